The Morgan fingerprint density at radius 2 is 2.10 bits per heavy atom. The molecule has 0 bridgehead atoms. The average Bonchev–Trinajstić information content (AvgIpc) is 2.81. The molecule has 0 radical (unpaired) electrons. The molecule has 21 heavy (non-hydrogen) atoms. The van der Waals surface area contributed by atoms with Crippen molar-refractivity contribution in [1.82, 2.24) is 19.9 Å². The van der Waals surface area contributed by atoms with E-state index in [1.165, 1.54) is 0 Å². The van der Waals surface area contributed by atoms with Crippen molar-refractivity contribution in [3.8, 4) is 0 Å². The molecule has 6 heteroatoms. The maximum atomic E-state index is 12.3. The van der Waals surface area contributed by atoms with Gasteiger partial charge in [-0.05, 0) is 25.0 Å². The molecule has 1 amide bonds. The number of aromatic nitrogens is 3. The van der Waals surface area contributed by atoms with Gasteiger partial charge in [0.1, 0.15) is 11.4 Å². The third-order valence-electron chi connectivity index (χ3n) is 3.39. The van der Waals surface area contributed by atoms with E-state index in [0.29, 0.717) is 0 Å². The Kier molecular flexibility index (Phi) is 4.26. The van der Waals surface area contributed by atoms with Gasteiger partial charge >= 0.3 is 0 Å². The van der Waals surface area contributed by atoms with Crippen LogP contribution in [-0.2, 0) is 7.05 Å². The number of aromatic amines is 1. The van der Waals surface area contributed by atoms with Crippen molar-refractivity contribution in [2.45, 2.75) is 26.8 Å². The van der Waals surface area contributed by atoms with Gasteiger partial charge in [0.15, 0.2) is 0 Å². The fourth-order valence-electron chi connectivity index (χ4n) is 2.18. The van der Waals surface area contributed by atoms with Crippen LogP contribution in [0.25, 0.3) is 0 Å². The lowest BCUT2D eigenvalue weighted by Gasteiger charge is -2.22. The molecule has 6 nitrogen and oxygen atoms in total. The summed E-state index contributed by atoms with van der Waals surface area (Å²) in [5, 5.41) is 2.89. The summed E-state index contributed by atoms with van der Waals surface area (Å²) >= 11 is 0. The second kappa shape index (κ2) is 5.95. The largest absolute Gasteiger partial charge is 0.342 e. The lowest BCUT2D eigenvalue weighted by molar-refractivity contribution is 0.0921. The molecule has 2 N–H and O–H groups in total. The minimum atomic E-state index is -0.391. The molecule has 0 aliphatic rings. The van der Waals surface area contributed by atoms with E-state index in [2.05, 4.69) is 15.3 Å². The number of amides is 1. The zero-order chi connectivity index (χ0) is 15.6. The van der Waals surface area contributed by atoms with Gasteiger partial charge in [0.05, 0.1) is 6.04 Å². The summed E-state index contributed by atoms with van der Waals surface area (Å²) in [6, 6.07) is 3.00. The summed E-state index contributed by atoms with van der Waals surface area (Å²) in [5.74, 6) is 0.527. The summed E-state index contributed by atoms with van der Waals surface area (Å²) in [5.41, 5.74) is 0.455. The number of carbonyl (C=O) groups is 1. The highest BCUT2D eigenvalue weighted by molar-refractivity contribution is 5.94. The fraction of sp³-hybridized carbons (Fsp3) is 0.400. The van der Waals surface area contributed by atoms with E-state index >= 15 is 0 Å². The van der Waals surface area contributed by atoms with Gasteiger partial charge in [-0.25, -0.2) is 4.98 Å². The van der Waals surface area contributed by atoms with Gasteiger partial charge in [-0.3, -0.25) is 9.59 Å². The number of hydrogen-bond acceptors (Lipinski definition) is 3. The Labute approximate surface area is 123 Å². The first kappa shape index (κ1) is 15.0. The molecular formula is C15H20N4O2. The molecule has 2 heterocycles. The minimum Gasteiger partial charge on any atom is -0.342 e. The number of pyridine rings is 1. The van der Waals surface area contributed by atoms with Gasteiger partial charge in [0, 0.05) is 25.1 Å². The van der Waals surface area contributed by atoms with Gasteiger partial charge < -0.3 is 14.9 Å². The molecular weight excluding hydrogens is 268 g/mol. The van der Waals surface area contributed by atoms with Crippen LogP contribution >= 0.6 is 0 Å². The molecule has 0 unspecified atom stereocenters. The number of nitrogens with one attached hydrogen (secondary N) is 2. The third-order valence-corrected chi connectivity index (χ3v) is 3.39. The second-order valence-corrected chi connectivity index (χ2v) is 5.48. The summed E-state index contributed by atoms with van der Waals surface area (Å²) in [7, 11) is 1.88. The molecule has 1 atom stereocenters. The number of rotatable bonds is 4. The van der Waals surface area contributed by atoms with Crippen molar-refractivity contribution in [2.24, 2.45) is 13.0 Å². The van der Waals surface area contributed by atoms with Crippen LogP contribution in [-0.4, -0.2) is 20.4 Å². The predicted octanol–water partition coefficient (Wildman–Crippen LogP) is 1.54. The van der Waals surface area contributed by atoms with Crippen LogP contribution < -0.4 is 10.9 Å². The molecule has 0 saturated carbocycles. The smallest absolute Gasteiger partial charge is 0.260 e. The molecule has 2 aromatic heterocycles. The minimum absolute atomic E-state index is 0.112. The quantitative estimate of drug-likeness (QED) is 0.895. The molecule has 2 aromatic rings. The molecule has 2 rings (SSSR count). The second-order valence-electron chi connectivity index (χ2n) is 5.48. The lowest BCUT2D eigenvalue weighted by Crippen LogP contribution is -2.36. The van der Waals surface area contributed by atoms with Crippen LogP contribution in [0.3, 0.4) is 0 Å². The zero-order valence-corrected chi connectivity index (χ0v) is 12.7. The third kappa shape index (κ3) is 3.21. The Balaban J connectivity index is 2.27. The molecule has 0 aromatic carbocycles. The molecule has 0 saturated heterocycles. The van der Waals surface area contributed by atoms with E-state index in [9.17, 15) is 9.59 Å². The summed E-state index contributed by atoms with van der Waals surface area (Å²) in [6.45, 7) is 5.77. The van der Waals surface area contributed by atoms with E-state index < -0.39 is 5.91 Å². The molecule has 112 valence electrons. The maximum Gasteiger partial charge on any atom is 0.260 e. The van der Waals surface area contributed by atoms with E-state index in [-0.39, 0.29) is 23.1 Å². The summed E-state index contributed by atoms with van der Waals surface area (Å²) in [4.78, 5) is 31.1. The topological polar surface area (TPSA) is 79.8 Å². The molecule has 0 fully saturated rings. The van der Waals surface area contributed by atoms with Crippen LogP contribution in [0.15, 0.2) is 29.3 Å². The van der Waals surface area contributed by atoms with Crippen molar-refractivity contribution < 1.29 is 4.79 Å². The lowest BCUT2D eigenvalue weighted by atomic mass is 10.0. The van der Waals surface area contributed by atoms with E-state index in [1.54, 1.807) is 25.3 Å². The first-order valence-corrected chi connectivity index (χ1v) is 6.88. The number of nitrogens with zero attached hydrogens (tertiary/aromatic N) is 2. The summed E-state index contributed by atoms with van der Waals surface area (Å²) < 4.78 is 1.87. The highest BCUT2D eigenvalue weighted by Gasteiger charge is 2.23. The Hall–Kier alpha value is -2.37. The number of aryl methyl sites for hydroxylation is 2. The van der Waals surface area contributed by atoms with Crippen molar-refractivity contribution in [3.63, 3.8) is 0 Å². The number of hydrogen-bond donors (Lipinski definition) is 2. The van der Waals surface area contributed by atoms with E-state index in [1.807, 2.05) is 31.7 Å². The van der Waals surface area contributed by atoms with E-state index in [0.717, 1.165) is 11.5 Å². The van der Waals surface area contributed by atoms with Crippen LogP contribution in [0, 0.1) is 12.8 Å². The van der Waals surface area contributed by atoms with Crippen molar-refractivity contribution in [3.05, 3.63) is 52.0 Å². The van der Waals surface area contributed by atoms with E-state index in [4.69, 9.17) is 0 Å². The Morgan fingerprint density at radius 1 is 1.38 bits per heavy atom. The van der Waals surface area contributed by atoms with Crippen molar-refractivity contribution in [2.75, 3.05) is 0 Å². The molecule has 0 aliphatic heterocycles. The van der Waals surface area contributed by atoms with Crippen LogP contribution in [0.4, 0.5) is 0 Å². The maximum absolute atomic E-state index is 12.3. The van der Waals surface area contributed by atoms with Crippen LogP contribution in [0.5, 0.6) is 0 Å². The van der Waals surface area contributed by atoms with Crippen LogP contribution in [0.2, 0.25) is 0 Å². The summed E-state index contributed by atoms with van der Waals surface area (Å²) in [6.07, 6.45) is 3.52. The van der Waals surface area contributed by atoms with Gasteiger partial charge in [0.25, 0.3) is 11.5 Å². The Bertz CT molecular complexity index is 700. The average molecular weight is 288 g/mol. The van der Waals surface area contributed by atoms with Crippen molar-refractivity contribution in [1.29, 1.82) is 0 Å². The fourth-order valence-corrected chi connectivity index (χ4v) is 2.18. The SMILES string of the molecule is Cc1ccc(C(=O)N[C@@H](c2nccn2C)C(C)C)c(=O)[nH]1. The Morgan fingerprint density at radius 3 is 2.62 bits per heavy atom. The highest BCUT2D eigenvalue weighted by atomic mass is 16.2. The first-order valence-electron chi connectivity index (χ1n) is 6.88. The first-order chi connectivity index (χ1) is 9.90. The zero-order valence-electron chi connectivity index (χ0n) is 12.7. The number of imidazole rings is 1. The predicted molar refractivity (Wildman–Crippen MR) is 80.1 cm³/mol. The number of carbonyl (C=O) groups excluding carboxylic acids is 1. The van der Waals surface area contributed by atoms with Gasteiger partial charge in [-0.1, -0.05) is 13.8 Å². The molecule has 0 spiro atoms. The van der Waals surface area contributed by atoms with Gasteiger partial charge in [-0.2, -0.15) is 0 Å². The monoisotopic (exact) mass is 288 g/mol. The number of H-pyrrole nitrogens is 1. The standard InChI is InChI=1S/C15H20N4O2/c1-9(2)12(13-16-7-8-19(13)4)18-15(21)11-6-5-10(3)17-14(11)20/h5-9,12H,1-4H3,(H,17,20)(H,18,21)/t12-/m1/s1. The normalized spacial score (nSPS) is 12.4. The van der Waals surface area contributed by atoms with Gasteiger partial charge in [0.2, 0.25) is 0 Å². The van der Waals surface area contributed by atoms with Gasteiger partial charge in [-0.15, -0.1) is 0 Å². The van der Waals surface area contributed by atoms with Crippen LogP contribution in [0.1, 0.15) is 41.8 Å². The van der Waals surface area contributed by atoms with Crippen molar-refractivity contribution >= 4 is 5.91 Å². The highest BCUT2D eigenvalue weighted by Crippen LogP contribution is 2.19. The molecule has 0 aliphatic carbocycles.